The van der Waals surface area contributed by atoms with E-state index in [1.54, 1.807) is 0 Å². The number of hydrogen-bond donors (Lipinski definition) is 0. The zero-order valence-corrected chi connectivity index (χ0v) is 14.4. The van der Waals surface area contributed by atoms with Crippen molar-refractivity contribution in [3.8, 4) is 0 Å². The first-order valence-electron chi connectivity index (χ1n) is 6.69. The molecule has 0 heterocycles. The van der Waals surface area contributed by atoms with Crippen molar-refractivity contribution in [2.75, 3.05) is 0 Å². The Bertz CT molecular complexity index is 207. The van der Waals surface area contributed by atoms with Crippen molar-refractivity contribution in [2.24, 2.45) is 0 Å². The van der Waals surface area contributed by atoms with E-state index in [9.17, 15) is 0 Å². The second kappa shape index (κ2) is 7.00. The molecule has 0 spiro atoms. The first-order valence-corrected chi connectivity index (χ1v) is 8.32. The molecule has 0 aliphatic heterocycles. The third kappa shape index (κ3) is 8.21. The maximum atomic E-state index is 6.03. The molecule has 0 aromatic rings. The minimum Gasteiger partial charge on any atom is -0.349 e. The molecule has 0 aliphatic rings. The molecular formula is C13H30O4Si. The predicted molar refractivity (Wildman–Crippen MR) is 75.3 cm³/mol. The summed E-state index contributed by atoms with van der Waals surface area (Å²) in [6, 6.07) is 0. The second-order valence-corrected chi connectivity index (χ2v) is 8.13. The number of hydrogen-bond acceptors (Lipinski definition) is 4. The summed E-state index contributed by atoms with van der Waals surface area (Å²) in [5.41, 5.74) is -0.370. The fourth-order valence-corrected chi connectivity index (χ4v) is 4.19. The van der Waals surface area contributed by atoms with Crippen LogP contribution in [0.25, 0.3) is 0 Å². The first-order chi connectivity index (χ1) is 7.96. The van der Waals surface area contributed by atoms with Gasteiger partial charge in [-0.15, -0.1) is 0 Å². The zero-order chi connectivity index (χ0) is 14.6. The fraction of sp³-hybridized carbons (Fsp3) is 1.00. The molecule has 110 valence electrons. The molecule has 0 aliphatic carbocycles. The largest absolute Gasteiger partial charge is 0.680 e. The Labute approximate surface area is 113 Å². The molecule has 5 heteroatoms. The van der Waals surface area contributed by atoms with E-state index in [1.165, 1.54) is 0 Å². The Morgan fingerprint density at radius 2 is 0.944 bits per heavy atom. The van der Waals surface area contributed by atoms with Gasteiger partial charge in [-0.2, -0.15) is 0 Å². The summed E-state index contributed by atoms with van der Waals surface area (Å²) < 4.78 is 23.8. The van der Waals surface area contributed by atoms with Crippen molar-refractivity contribution in [2.45, 2.75) is 86.2 Å². The quantitative estimate of drug-likeness (QED) is 0.668. The Morgan fingerprint density at radius 3 is 1.11 bits per heavy atom. The Balaban J connectivity index is 5.10. The molecule has 0 aromatic carbocycles. The van der Waals surface area contributed by atoms with E-state index in [2.05, 4.69) is 0 Å². The van der Waals surface area contributed by atoms with Gasteiger partial charge in [0.15, 0.2) is 0 Å². The lowest BCUT2D eigenvalue weighted by Gasteiger charge is -2.37. The highest BCUT2D eigenvalue weighted by Gasteiger charge is 2.51. The molecular weight excluding hydrogens is 248 g/mol. The van der Waals surface area contributed by atoms with E-state index in [4.69, 9.17) is 17.7 Å². The van der Waals surface area contributed by atoms with Crippen molar-refractivity contribution in [1.29, 1.82) is 0 Å². The van der Waals surface area contributed by atoms with Crippen molar-refractivity contribution >= 4 is 9.05 Å². The third-order valence-corrected chi connectivity index (χ3v) is 4.71. The Hall–Kier alpha value is 0.0569. The van der Waals surface area contributed by atoms with E-state index >= 15 is 0 Å². The summed E-state index contributed by atoms with van der Waals surface area (Å²) in [5.74, 6) is 0. The van der Waals surface area contributed by atoms with Gasteiger partial charge in [0.2, 0.25) is 0 Å². The van der Waals surface area contributed by atoms with Gasteiger partial charge in [0.05, 0.1) is 5.60 Å². The van der Waals surface area contributed by atoms with Crippen molar-refractivity contribution in [1.82, 2.24) is 0 Å². The van der Waals surface area contributed by atoms with Crippen LogP contribution in [0.15, 0.2) is 0 Å². The Morgan fingerprint density at radius 1 is 0.667 bits per heavy atom. The van der Waals surface area contributed by atoms with Crippen LogP contribution in [0.5, 0.6) is 0 Å². The van der Waals surface area contributed by atoms with Gasteiger partial charge in [-0.1, -0.05) is 0 Å². The summed E-state index contributed by atoms with van der Waals surface area (Å²) in [6.45, 7) is 17.7. The number of rotatable bonds is 7. The summed E-state index contributed by atoms with van der Waals surface area (Å²) in [6.07, 6.45) is -0.00968. The molecule has 0 aromatic heterocycles. The van der Waals surface area contributed by atoms with Gasteiger partial charge in [-0.25, -0.2) is 0 Å². The summed E-state index contributed by atoms with van der Waals surface area (Å²) in [4.78, 5) is 0. The van der Waals surface area contributed by atoms with Crippen LogP contribution in [0.1, 0.15) is 62.3 Å². The van der Waals surface area contributed by atoms with E-state index in [1.807, 2.05) is 62.3 Å². The molecule has 0 bridgehead atoms. The van der Waals surface area contributed by atoms with Crippen LogP contribution >= 0.6 is 0 Å². The topological polar surface area (TPSA) is 36.9 Å². The normalized spacial score (nSPS) is 14.0. The average Bonchev–Trinajstić information content (AvgIpc) is 1.92. The third-order valence-electron chi connectivity index (χ3n) is 1.57. The van der Waals surface area contributed by atoms with Gasteiger partial charge < -0.3 is 17.7 Å². The maximum Gasteiger partial charge on any atom is 0.680 e. The van der Waals surface area contributed by atoms with Gasteiger partial charge >= 0.3 is 9.05 Å². The molecule has 0 saturated heterocycles. The lowest BCUT2D eigenvalue weighted by atomic mass is 10.2. The molecule has 0 amide bonds. The lowest BCUT2D eigenvalue weighted by Crippen LogP contribution is -2.56. The highest BCUT2D eigenvalue weighted by Crippen LogP contribution is 2.24. The monoisotopic (exact) mass is 278 g/mol. The van der Waals surface area contributed by atoms with E-state index in [0.717, 1.165) is 0 Å². The second-order valence-electron chi connectivity index (χ2n) is 6.21. The molecule has 0 fully saturated rings. The van der Waals surface area contributed by atoms with Crippen LogP contribution in [-0.2, 0) is 17.7 Å². The lowest BCUT2D eigenvalue weighted by molar-refractivity contribution is -0.107. The maximum absolute atomic E-state index is 6.03. The SMILES string of the molecule is CC(C)O[Si](OC(C)C)(OC(C)C)OC(C)(C)C. The molecule has 0 unspecified atom stereocenters. The molecule has 0 atom stereocenters. The zero-order valence-electron chi connectivity index (χ0n) is 13.4. The average molecular weight is 278 g/mol. The van der Waals surface area contributed by atoms with Crippen LogP contribution in [0.2, 0.25) is 0 Å². The molecule has 0 saturated carbocycles. The minimum absolute atomic E-state index is 0.00323. The molecule has 0 radical (unpaired) electrons. The van der Waals surface area contributed by atoms with Gasteiger partial charge in [-0.3, -0.25) is 0 Å². The fourth-order valence-electron chi connectivity index (χ4n) is 1.40. The van der Waals surface area contributed by atoms with Crippen molar-refractivity contribution < 1.29 is 17.7 Å². The molecule has 0 N–H and O–H groups in total. The highest BCUT2D eigenvalue weighted by molar-refractivity contribution is 6.53. The van der Waals surface area contributed by atoms with Gasteiger partial charge in [0.1, 0.15) is 0 Å². The molecule has 18 heavy (non-hydrogen) atoms. The minimum atomic E-state index is -3.12. The van der Waals surface area contributed by atoms with Gasteiger partial charge in [-0.05, 0) is 62.3 Å². The van der Waals surface area contributed by atoms with E-state index in [-0.39, 0.29) is 23.9 Å². The smallest absolute Gasteiger partial charge is 0.349 e. The summed E-state index contributed by atoms with van der Waals surface area (Å²) >= 11 is 0. The molecule has 4 nitrogen and oxygen atoms in total. The predicted octanol–water partition coefficient (Wildman–Crippen LogP) is 3.51. The van der Waals surface area contributed by atoms with Crippen LogP contribution in [0.4, 0.5) is 0 Å². The van der Waals surface area contributed by atoms with Crippen LogP contribution in [0, 0.1) is 0 Å². The van der Waals surface area contributed by atoms with Gasteiger partial charge in [0, 0.05) is 18.3 Å². The Kier molecular flexibility index (Phi) is 7.03. The first kappa shape index (κ1) is 18.1. The van der Waals surface area contributed by atoms with Crippen LogP contribution in [0.3, 0.4) is 0 Å². The van der Waals surface area contributed by atoms with Crippen LogP contribution in [-0.4, -0.2) is 33.0 Å². The van der Waals surface area contributed by atoms with Crippen molar-refractivity contribution in [3.05, 3.63) is 0 Å². The highest BCUT2D eigenvalue weighted by atomic mass is 28.4. The standard InChI is InChI=1S/C13H30O4Si/c1-10(2)14-18(15-11(3)4,16-12(5)6)17-13(7,8)9/h10-12H,1-9H3. The molecule has 0 rings (SSSR count). The van der Waals surface area contributed by atoms with Crippen LogP contribution < -0.4 is 0 Å². The van der Waals surface area contributed by atoms with Crippen molar-refractivity contribution in [3.63, 3.8) is 0 Å². The van der Waals surface area contributed by atoms with Gasteiger partial charge in [0.25, 0.3) is 0 Å². The summed E-state index contributed by atoms with van der Waals surface area (Å²) in [5, 5.41) is 0. The van der Waals surface area contributed by atoms with E-state index in [0.29, 0.717) is 0 Å². The summed E-state index contributed by atoms with van der Waals surface area (Å²) in [7, 11) is -3.12. The van der Waals surface area contributed by atoms with E-state index < -0.39 is 9.05 Å².